The number of aromatic nitrogens is 2. The van der Waals surface area contributed by atoms with Gasteiger partial charge in [-0.25, -0.2) is 22.5 Å². The van der Waals surface area contributed by atoms with E-state index in [1.54, 1.807) is 11.1 Å². The Kier molecular flexibility index (Phi) is 8.14. The number of benzene rings is 3. The quantitative estimate of drug-likeness (QED) is 0.287. The molecular formula is C31H33FN4O3S. The molecule has 1 amide bonds. The van der Waals surface area contributed by atoms with Crippen LogP contribution in [0.3, 0.4) is 0 Å². The molecule has 1 aliphatic rings. The van der Waals surface area contributed by atoms with Crippen molar-refractivity contribution in [2.45, 2.75) is 56.0 Å². The second kappa shape index (κ2) is 11.7. The van der Waals surface area contributed by atoms with Crippen LogP contribution in [0.1, 0.15) is 60.7 Å². The zero-order chi connectivity index (χ0) is 28.3. The van der Waals surface area contributed by atoms with Crippen LogP contribution < -0.4 is 9.62 Å². The van der Waals surface area contributed by atoms with E-state index in [-0.39, 0.29) is 23.3 Å². The van der Waals surface area contributed by atoms with Gasteiger partial charge in [-0.3, -0.25) is 4.79 Å². The predicted molar refractivity (Wildman–Crippen MR) is 153 cm³/mol. The molecule has 0 radical (unpaired) electrons. The highest BCUT2D eigenvalue weighted by atomic mass is 32.2. The molecule has 1 N–H and O–H groups in total. The van der Waals surface area contributed by atoms with E-state index in [4.69, 9.17) is 0 Å². The van der Waals surface area contributed by atoms with Gasteiger partial charge in [-0.2, -0.15) is 0 Å². The first kappa shape index (κ1) is 27.7. The molecule has 0 aliphatic heterocycles. The molecule has 1 heterocycles. The summed E-state index contributed by atoms with van der Waals surface area (Å²) < 4.78 is 44.4. The first-order chi connectivity index (χ1) is 19.2. The van der Waals surface area contributed by atoms with E-state index in [0.29, 0.717) is 18.5 Å². The standard InChI is InChI=1S/C31H33FN4O3S/c1-22(23-7-4-3-5-8-23)19-31(37)36(21-30-33-17-18-35(30)2)26-14-11-24-9-6-10-29(28(24)20-26)34-40(38,39)27-15-12-25(32)13-16-27/h3-5,7-8,11-18,20,22,29,34H,6,9-10,19,21H2,1-2H3/t22-,29+/m1/s1. The number of anilines is 1. The molecule has 1 aliphatic carbocycles. The van der Waals surface area contributed by atoms with Gasteiger partial charge in [0.1, 0.15) is 11.6 Å². The molecule has 9 heteroatoms. The molecule has 40 heavy (non-hydrogen) atoms. The summed E-state index contributed by atoms with van der Waals surface area (Å²) in [6.07, 6.45) is 6.13. The van der Waals surface area contributed by atoms with E-state index in [9.17, 15) is 17.6 Å². The van der Waals surface area contributed by atoms with Crippen molar-refractivity contribution in [3.05, 3.63) is 114 Å². The molecule has 3 aromatic carbocycles. The van der Waals surface area contributed by atoms with Crippen molar-refractivity contribution in [1.29, 1.82) is 0 Å². The van der Waals surface area contributed by atoms with Gasteiger partial charge in [0.2, 0.25) is 15.9 Å². The monoisotopic (exact) mass is 560 g/mol. The molecule has 1 aromatic heterocycles. The lowest BCUT2D eigenvalue weighted by molar-refractivity contribution is -0.119. The van der Waals surface area contributed by atoms with Crippen LogP contribution in [0, 0.1) is 5.82 Å². The Balaban J connectivity index is 1.46. The molecule has 0 unspecified atom stereocenters. The summed E-state index contributed by atoms with van der Waals surface area (Å²) in [6.45, 7) is 2.33. The maximum Gasteiger partial charge on any atom is 0.241 e. The second-order valence-corrected chi connectivity index (χ2v) is 12.1. The van der Waals surface area contributed by atoms with Crippen LogP contribution in [0.4, 0.5) is 10.1 Å². The zero-order valence-corrected chi connectivity index (χ0v) is 23.4. The van der Waals surface area contributed by atoms with Gasteiger partial charge in [-0.1, -0.05) is 43.3 Å². The molecule has 208 valence electrons. The van der Waals surface area contributed by atoms with E-state index in [1.807, 2.05) is 73.3 Å². The van der Waals surface area contributed by atoms with Crippen molar-refractivity contribution >= 4 is 21.6 Å². The van der Waals surface area contributed by atoms with Gasteiger partial charge in [-0.15, -0.1) is 0 Å². The highest BCUT2D eigenvalue weighted by Crippen LogP contribution is 2.35. The van der Waals surface area contributed by atoms with Crippen LogP contribution in [-0.2, 0) is 34.8 Å². The molecule has 0 saturated heterocycles. The molecule has 0 bridgehead atoms. The average Bonchev–Trinajstić information content (AvgIpc) is 3.36. The Morgan fingerprint density at radius 1 is 1.12 bits per heavy atom. The molecule has 2 atom stereocenters. The molecule has 0 spiro atoms. The Morgan fingerprint density at radius 2 is 1.88 bits per heavy atom. The van der Waals surface area contributed by atoms with Crippen molar-refractivity contribution in [3.63, 3.8) is 0 Å². The molecule has 0 saturated carbocycles. The molecule has 4 aromatic rings. The maximum atomic E-state index is 13.8. The van der Waals surface area contributed by atoms with Gasteiger partial charge in [-0.05, 0) is 78.3 Å². The summed E-state index contributed by atoms with van der Waals surface area (Å²) >= 11 is 0. The van der Waals surface area contributed by atoms with E-state index in [0.717, 1.165) is 47.5 Å². The number of aryl methyl sites for hydroxylation is 2. The van der Waals surface area contributed by atoms with Crippen LogP contribution in [0.15, 0.2) is 90.1 Å². The van der Waals surface area contributed by atoms with Crippen molar-refractivity contribution < 1.29 is 17.6 Å². The number of hydrogen-bond acceptors (Lipinski definition) is 4. The first-order valence-corrected chi connectivity index (χ1v) is 14.9. The minimum Gasteiger partial charge on any atom is -0.337 e. The smallest absolute Gasteiger partial charge is 0.241 e. The van der Waals surface area contributed by atoms with Crippen LogP contribution in [0.2, 0.25) is 0 Å². The van der Waals surface area contributed by atoms with Gasteiger partial charge in [0.25, 0.3) is 0 Å². The van der Waals surface area contributed by atoms with E-state index in [2.05, 4.69) is 9.71 Å². The topological polar surface area (TPSA) is 84.3 Å². The van der Waals surface area contributed by atoms with E-state index < -0.39 is 21.9 Å². The highest BCUT2D eigenvalue weighted by Gasteiger charge is 2.28. The number of halogens is 1. The second-order valence-electron chi connectivity index (χ2n) is 10.4. The molecule has 5 rings (SSSR count). The zero-order valence-electron chi connectivity index (χ0n) is 22.6. The van der Waals surface area contributed by atoms with Gasteiger partial charge in [0, 0.05) is 37.6 Å². The van der Waals surface area contributed by atoms with Crippen molar-refractivity contribution in [2.24, 2.45) is 7.05 Å². The molecule has 0 fully saturated rings. The summed E-state index contributed by atoms with van der Waals surface area (Å²) in [5, 5.41) is 0. The average molecular weight is 561 g/mol. The van der Waals surface area contributed by atoms with Gasteiger partial charge in [0.05, 0.1) is 11.4 Å². The first-order valence-electron chi connectivity index (χ1n) is 13.4. The van der Waals surface area contributed by atoms with Crippen LogP contribution >= 0.6 is 0 Å². The van der Waals surface area contributed by atoms with Crippen LogP contribution in [-0.4, -0.2) is 23.9 Å². The number of carbonyl (C=O) groups excluding carboxylic acids is 1. The predicted octanol–water partition coefficient (Wildman–Crippen LogP) is 5.64. The number of rotatable bonds is 9. The van der Waals surface area contributed by atoms with Crippen LogP contribution in [0.5, 0.6) is 0 Å². The normalized spacial score (nSPS) is 15.8. The number of hydrogen-bond donors (Lipinski definition) is 1. The summed E-state index contributed by atoms with van der Waals surface area (Å²) in [5.74, 6) is 0.224. The third kappa shape index (κ3) is 6.16. The Labute approximate surface area is 234 Å². The number of amides is 1. The van der Waals surface area contributed by atoms with E-state index >= 15 is 0 Å². The SMILES string of the molecule is C[C@H](CC(=O)N(Cc1nccn1C)c1ccc2c(c1)[C@@H](NS(=O)(=O)c1ccc(F)cc1)CCC2)c1ccccc1. The number of nitrogens with zero attached hydrogens (tertiary/aromatic N) is 3. The largest absolute Gasteiger partial charge is 0.337 e. The summed E-state index contributed by atoms with van der Waals surface area (Å²) in [7, 11) is -1.98. The minimum absolute atomic E-state index is 0.0127. The summed E-state index contributed by atoms with van der Waals surface area (Å²) in [4.78, 5) is 20.0. The van der Waals surface area contributed by atoms with Gasteiger partial charge in [0.15, 0.2) is 0 Å². The lowest BCUT2D eigenvalue weighted by atomic mass is 9.87. The van der Waals surface area contributed by atoms with E-state index in [1.165, 1.54) is 12.1 Å². The number of fused-ring (bicyclic) bond motifs is 1. The third-order valence-electron chi connectivity index (χ3n) is 7.55. The Hall–Kier alpha value is -3.82. The summed E-state index contributed by atoms with van der Waals surface area (Å²) in [6, 6.07) is 20.1. The van der Waals surface area contributed by atoms with Crippen molar-refractivity contribution in [2.75, 3.05) is 4.90 Å². The Bertz CT molecular complexity index is 1590. The lowest BCUT2D eigenvalue weighted by Crippen LogP contribution is -2.34. The lowest BCUT2D eigenvalue weighted by Gasteiger charge is -2.30. The fourth-order valence-corrected chi connectivity index (χ4v) is 6.48. The van der Waals surface area contributed by atoms with Gasteiger partial charge >= 0.3 is 0 Å². The summed E-state index contributed by atoms with van der Waals surface area (Å²) in [5.41, 5.74) is 3.68. The number of carbonyl (C=O) groups is 1. The van der Waals surface area contributed by atoms with Gasteiger partial charge < -0.3 is 9.47 Å². The maximum absolute atomic E-state index is 13.8. The third-order valence-corrected chi connectivity index (χ3v) is 9.04. The van der Waals surface area contributed by atoms with Crippen molar-refractivity contribution in [1.82, 2.24) is 14.3 Å². The molecular weight excluding hydrogens is 527 g/mol. The van der Waals surface area contributed by atoms with Crippen LogP contribution in [0.25, 0.3) is 0 Å². The van der Waals surface area contributed by atoms with Crippen molar-refractivity contribution in [3.8, 4) is 0 Å². The molecule has 7 nitrogen and oxygen atoms in total. The minimum atomic E-state index is -3.87. The fraction of sp³-hybridized carbons (Fsp3) is 0.290. The number of sulfonamides is 1. The Morgan fingerprint density at radius 3 is 2.58 bits per heavy atom. The highest BCUT2D eigenvalue weighted by molar-refractivity contribution is 7.89. The fourth-order valence-electron chi connectivity index (χ4n) is 5.23. The number of imidazole rings is 1. The number of nitrogens with one attached hydrogen (secondary N) is 1.